The number of hydrogen-bond acceptors (Lipinski definition) is 3. The van der Waals surface area contributed by atoms with Crippen molar-refractivity contribution in [1.82, 2.24) is 15.6 Å². The predicted molar refractivity (Wildman–Crippen MR) is 69.8 cm³/mol. The molecule has 1 aliphatic rings. The van der Waals surface area contributed by atoms with E-state index in [0.717, 1.165) is 24.0 Å². The van der Waals surface area contributed by atoms with Crippen molar-refractivity contribution in [2.75, 3.05) is 19.6 Å². The van der Waals surface area contributed by atoms with Crippen molar-refractivity contribution < 1.29 is 4.79 Å². The number of carbonyl (C=O) groups excluding carboxylic acids is 1. The van der Waals surface area contributed by atoms with Gasteiger partial charge in [-0.1, -0.05) is 11.6 Å². The third-order valence-electron chi connectivity index (χ3n) is 2.60. The van der Waals surface area contributed by atoms with Crippen molar-refractivity contribution in [2.45, 2.75) is 6.42 Å². The van der Waals surface area contributed by atoms with Crippen molar-refractivity contribution in [2.24, 2.45) is 0 Å². The molecule has 0 unspecified atom stereocenters. The summed E-state index contributed by atoms with van der Waals surface area (Å²) in [6.45, 7) is 2.50. The quantitative estimate of drug-likeness (QED) is 0.831. The van der Waals surface area contributed by atoms with Crippen LogP contribution in [0.5, 0.6) is 0 Å². The summed E-state index contributed by atoms with van der Waals surface area (Å²) in [5.41, 5.74) is 1.86. The Morgan fingerprint density at radius 2 is 2.41 bits per heavy atom. The van der Waals surface area contributed by atoms with Crippen molar-refractivity contribution in [1.29, 1.82) is 0 Å². The van der Waals surface area contributed by atoms with Crippen molar-refractivity contribution >= 4 is 21.8 Å². The van der Waals surface area contributed by atoms with Gasteiger partial charge in [0.15, 0.2) is 0 Å². The summed E-state index contributed by atoms with van der Waals surface area (Å²) in [6.07, 6.45) is 6.35. The number of nitrogens with zero attached hydrogens (tertiary/aromatic N) is 1. The number of hydrogen-bond donors (Lipinski definition) is 2. The fourth-order valence-corrected chi connectivity index (χ4v) is 2.03. The zero-order valence-corrected chi connectivity index (χ0v) is 11.0. The van der Waals surface area contributed by atoms with E-state index in [1.165, 1.54) is 5.57 Å². The molecule has 5 heteroatoms. The molecule has 0 spiro atoms. The predicted octanol–water partition coefficient (Wildman–Crippen LogP) is 1.49. The Balaban J connectivity index is 1.91. The highest BCUT2D eigenvalue weighted by atomic mass is 79.9. The van der Waals surface area contributed by atoms with Gasteiger partial charge in [0.05, 0.1) is 5.56 Å². The number of nitrogens with one attached hydrogen (secondary N) is 2. The molecular weight excluding hydrogens is 282 g/mol. The van der Waals surface area contributed by atoms with Crippen LogP contribution in [0.25, 0.3) is 0 Å². The summed E-state index contributed by atoms with van der Waals surface area (Å²) in [5, 5.41) is 6.14. The molecule has 4 nitrogen and oxygen atoms in total. The van der Waals surface area contributed by atoms with E-state index >= 15 is 0 Å². The Kier molecular flexibility index (Phi) is 4.28. The summed E-state index contributed by atoms with van der Waals surface area (Å²) < 4.78 is 0.811. The van der Waals surface area contributed by atoms with E-state index in [9.17, 15) is 4.79 Å². The van der Waals surface area contributed by atoms with Gasteiger partial charge >= 0.3 is 0 Å². The van der Waals surface area contributed by atoms with E-state index in [1.54, 1.807) is 18.5 Å². The highest BCUT2D eigenvalue weighted by molar-refractivity contribution is 9.10. The summed E-state index contributed by atoms with van der Waals surface area (Å²) in [4.78, 5) is 15.8. The van der Waals surface area contributed by atoms with Crippen LogP contribution in [0.3, 0.4) is 0 Å². The molecule has 2 heterocycles. The molecule has 90 valence electrons. The number of halogens is 1. The van der Waals surface area contributed by atoms with Crippen LogP contribution in [0, 0.1) is 0 Å². The molecule has 1 aromatic rings. The fourth-order valence-electron chi connectivity index (χ4n) is 1.66. The second-order valence-corrected chi connectivity index (χ2v) is 4.81. The standard InChI is InChI=1S/C12H14BrN3O/c13-11-5-10(7-15-8-11)12(17)16-6-9-1-3-14-4-2-9/h1,5,7-8,14H,2-4,6H2,(H,16,17). The Bertz CT molecular complexity index is 445. The number of rotatable bonds is 3. The lowest BCUT2D eigenvalue weighted by molar-refractivity contribution is 0.0956. The molecule has 1 amide bonds. The summed E-state index contributed by atoms with van der Waals surface area (Å²) in [7, 11) is 0. The van der Waals surface area contributed by atoms with Gasteiger partial charge in [-0.3, -0.25) is 9.78 Å². The smallest absolute Gasteiger partial charge is 0.253 e. The topological polar surface area (TPSA) is 54.0 Å². The van der Waals surface area contributed by atoms with Crippen LogP contribution in [0.1, 0.15) is 16.8 Å². The lowest BCUT2D eigenvalue weighted by atomic mass is 10.1. The monoisotopic (exact) mass is 295 g/mol. The molecule has 0 aliphatic carbocycles. The number of aromatic nitrogens is 1. The normalized spacial score (nSPS) is 15.2. The molecule has 1 aromatic heterocycles. The summed E-state index contributed by atoms with van der Waals surface area (Å²) in [6, 6.07) is 1.76. The highest BCUT2D eigenvalue weighted by Gasteiger charge is 2.08. The van der Waals surface area contributed by atoms with Crippen molar-refractivity contribution in [3.05, 3.63) is 40.1 Å². The average Bonchev–Trinajstić information content (AvgIpc) is 2.37. The molecular formula is C12H14BrN3O. The van der Waals surface area contributed by atoms with Gasteiger partial charge in [-0.25, -0.2) is 0 Å². The Hall–Kier alpha value is -1.20. The van der Waals surface area contributed by atoms with Crippen molar-refractivity contribution in [3.8, 4) is 0 Å². The van der Waals surface area contributed by atoms with Gasteiger partial charge in [0.25, 0.3) is 5.91 Å². The third kappa shape index (κ3) is 3.64. The molecule has 0 saturated heterocycles. The SMILES string of the molecule is O=C(NCC1=CCNCC1)c1cncc(Br)c1. The van der Waals surface area contributed by atoms with E-state index in [2.05, 4.69) is 37.6 Å². The highest BCUT2D eigenvalue weighted by Crippen LogP contribution is 2.09. The number of carbonyl (C=O) groups is 1. The van der Waals surface area contributed by atoms with Crippen molar-refractivity contribution in [3.63, 3.8) is 0 Å². The van der Waals surface area contributed by atoms with Gasteiger partial charge < -0.3 is 10.6 Å². The van der Waals surface area contributed by atoms with Crippen LogP contribution in [0.2, 0.25) is 0 Å². The van der Waals surface area contributed by atoms with E-state index in [0.29, 0.717) is 12.1 Å². The van der Waals surface area contributed by atoms with Crippen LogP contribution in [0.4, 0.5) is 0 Å². The maximum atomic E-state index is 11.8. The molecule has 0 atom stereocenters. The molecule has 2 rings (SSSR count). The minimum Gasteiger partial charge on any atom is -0.348 e. The van der Waals surface area contributed by atoms with Gasteiger partial charge in [-0.2, -0.15) is 0 Å². The van der Waals surface area contributed by atoms with E-state index in [-0.39, 0.29) is 5.91 Å². The first-order valence-corrected chi connectivity index (χ1v) is 6.32. The molecule has 17 heavy (non-hydrogen) atoms. The number of amides is 1. The molecule has 0 radical (unpaired) electrons. The first kappa shape index (κ1) is 12.3. The molecule has 0 bridgehead atoms. The maximum absolute atomic E-state index is 11.8. The van der Waals surface area contributed by atoms with E-state index in [4.69, 9.17) is 0 Å². The first-order chi connectivity index (χ1) is 8.25. The molecule has 2 N–H and O–H groups in total. The first-order valence-electron chi connectivity index (χ1n) is 5.53. The lowest BCUT2D eigenvalue weighted by Gasteiger charge is -2.14. The molecule has 0 aromatic carbocycles. The van der Waals surface area contributed by atoms with Gasteiger partial charge in [-0.15, -0.1) is 0 Å². The summed E-state index contributed by atoms with van der Waals surface area (Å²) >= 11 is 3.30. The minimum atomic E-state index is -0.0850. The van der Waals surface area contributed by atoms with Crippen LogP contribution in [-0.2, 0) is 0 Å². The third-order valence-corrected chi connectivity index (χ3v) is 3.03. The second-order valence-electron chi connectivity index (χ2n) is 3.89. The average molecular weight is 296 g/mol. The summed E-state index contributed by atoms with van der Waals surface area (Å²) in [5.74, 6) is -0.0850. The van der Waals surface area contributed by atoms with Gasteiger partial charge in [0, 0.05) is 30.0 Å². The molecule has 0 fully saturated rings. The van der Waals surface area contributed by atoms with Gasteiger partial charge in [-0.05, 0) is 35.0 Å². The maximum Gasteiger partial charge on any atom is 0.253 e. The molecule has 1 aliphatic heterocycles. The van der Waals surface area contributed by atoms with Gasteiger partial charge in [0.2, 0.25) is 0 Å². The Morgan fingerprint density at radius 3 is 3.12 bits per heavy atom. The van der Waals surface area contributed by atoms with Crippen LogP contribution < -0.4 is 10.6 Å². The van der Waals surface area contributed by atoms with Crippen LogP contribution in [-0.4, -0.2) is 30.5 Å². The van der Waals surface area contributed by atoms with Crippen LogP contribution >= 0.6 is 15.9 Å². The number of pyridine rings is 1. The molecule has 0 saturated carbocycles. The minimum absolute atomic E-state index is 0.0850. The van der Waals surface area contributed by atoms with Gasteiger partial charge in [0.1, 0.15) is 0 Å². The largest absolute Gasteiger partial charge is 0.348 e. The second kappa shape index (κ2) is 5.93. The van der Waals surface area contributed by atoms with Crippen LogP contribution in [0.15, 0.2) is 34.6 Å². The lowest BCUT2D eigenvalue weighted by Crippen LogP contribution is -2.29. The Morgan fingerprint density at radius 1 is 1.53 bits per heavy atom. The fraction of sp³-hybridized carbons (Fsp3) is 0.333. The van der Waals surface area contributed by atoms with E-state index in [1.807, 2.05) is 0 Å². The Labute approximate surface area is 109 Å². The zero-order chi connectivity index (χ0) is 12.1. The zero-order valence-electron chi connectivity index (χ0n) is 9.37. The van der Waals surface area contributed by atoms with E-state index < -0.39 is 0 Å².